The fourth-order valence-corrected chi connectivity index (χ4v) is 3.41. The molecule has 8 nitrogen and oxygen atoms in total. The summed E-state index contributed by atoms with van der Waals surface area (Å²) in [5.74, 6) is 0.383. The maximum atomic E-state index is 12.4. The Hall–Kier alpha value is -3.55. The van der Waals surface area contributed by atoms with Crippen molar-refractivity contribution in [1.82, 2.24) is 25.3 Å². The summed E-state index contributed by atoms with van der Waals surface area (Å²) in [6.45, 7) is 0. The molecule has 0 saturated carbocycles. The molecule has 0 aliphatic heterocycles. The number of H-pyrrole nitrogens is 2. The van der Waals surface area contributed by atoms with E-state index in [4.69, 9.17) is 4.98 Å². The summed E-state index contributed by atoms with van der Waals surface area (Å²) in [4.78, 5) is 48.9. The third-order valence-corrected chi connectivity index (χ3v) is 4.80. The Kier molecular flexibility index (Phi) is 4.84. The number of carbonyl (C=O) groups excluding carboxylic acids is 1. The van der Waals surface area contributed by atoms with Gasteiger partial charge in [0.05, 0.1) is 12.5 Å². The van der Waals surface area contributed by atoms with Gasteiger partial charge in [0.25, 0.3) is 5.56 Å². The van der Waals surface area contributed by atoms with Gasteiger partial charge in [0.2, 0.25) is 5.91 Å². The second-order valence-corrected chi connectivity index (χ2v) is 6.75. The van der Waals surface area contributed by atoms with Crippen LogP contribution in [0.3, 0.4) is 0 Å². The molecule has 2 heterocycles. The molecule has 0 radical (unpaired) electrons. The minimum Gasteiger partial charge on any atom is -0.349 e. The first-order valence-corrected chi connectivity index (χ1v) is 9.11. The molecule has 3 N–H and O–H groups in total. The van der Waals surface area contributed by atoms with Crippen LogP contribution in [-0.4, -0.2) is 25.8 Å². The number of benzene rings is 1. The molecule has 8 heteroatoms. The van der Waals surface area contributed by atoms with E-state index in [2.05, 4.69) is 20.3 Å². The molecular formula is C20H19N5O3. The monoisotopic (exact) mass is 377 g/mol. The number of carbonyl (C=O) groups is 1. The number of hydrogen-bond donors (Lipinski definition) is 3. The van der Waals surface area contributed by atoms with Gasteiger partial charge in [-0.25, -0.2) is 14.8 Å². The van der Waals surface area contributed by atoms with Gasteiger partial charge < -0.3 is 10.3 Å². The van der Waals surface area contributed by atoms with Crippen molar-refractivity contribution in [2.45, 2.75) is 31.7 Å². The van der Waals surface area contributed by atoms with Crippen LogP contribution < -0.4 is 16.6 Å². The minimum absolute atomic E-state index is 0.110. The van der Waals surface area contributed by atoms with Crippen molar-refractivity contribution in [3.8, 4) is 11.4 Å². The van der Waals surface area contributed by atoms with Crippen molar-refractivity contribution in [2.75, 3.05) is 0 Å². The number of rotatable bonds is 4. The number of aromatic nitrogens is 4. The van der Waals surface area contributed by atoms with Crippen LogP contribution in [0.1, 0.15) is 35.7 Å². The smallest absolute Gasteiger partial charge is 0.325 e. The fraction of sp³-hybridized carbons (Fsp3) is 0.250. The highest BCUT2D eigenvalue weighted by Crippen LogP contribution is 2.29. The van der Waals surface area contributed by atoms with Crippen LogP contribution in [-0.2, 0) is 17.6 Å². The SMILES string of the molecule is O=C(Cc1c[nH]c(=O)[nH]c1=O)NC1CCCc2nc(-c3ccccc3)ncc21. The normalized spacial score (nSPS) is 15.6. The van der Waals surface area contributed by atoms with Gasteiger partial charge in [-0.1, -0.05) is 30.3 Å². The molecule has 28 heavy (non-hydrogen) atoms. The lowest BCUT2D eigenvalue weighted by atomic mass is 9.92. The molecule has 1 aliphatic rings. The van der Waals surface area contributed by atoms with Crippen LogP contribution in [0.2, 0.25) is 0 Å². The van der Waals surface area contributed by atoms with E-state index in [1.54, 1.807) is 6.20 Å². The quantitative estimate of drug-likeness (QED) is 0.632. The minimum atomic E-state index is -0.596. The summed E-state index contributed by atoms with van der Waals surface area (Å²) in [7, 11) is 0. The second kappa shape index (κ2) is 7.59. The summed E-state index contributed by atoms with van der Waals surface area (Å²) in [5.41, 5.74) is 1.86. The van der Waals surface area contributed by atoms with Crippen LogP contribution in [0.25, 0.3) is 11.4 Å². The van der Waals surface area contributed by atoms with Gasteiger partial charge in [-0.3, -0.25) is 14.6 Å². The number of nitrogens with zero attached hydrogens (tertiary/aromatic N) is 2. The lowest BCUT2D eigenvalue weighted by Crippen LogP contribution is -2.34. The van der Waals surface area contributed by atoms with Crippen LogP contribution in [0.15, 0.2) is 52.3 Å². The van der Waals surface area contributed by atoms with Crippen molar-refractivity contribution >= 4 is 5.91 Å². The lowest BCUT2D eigenvalue weighted by Gasteiger charge is -2.25. The standard InChI is InChI=1S/C20H19N5O3/c26-17(9-13-10-22-20(28)25-19(13)27)23-15-7-4-8-16-14(15)11-21-18(24-16)12-5-2-1-3-6-12/h1-3,5-6,10-11,15H,4,7-9H2,(H,23,26)(H2,22,25,27,28). The summed E-state index contributed by atoms with van der Waals surface area (Å²) < 4.78 is 0. The molecule has 0 spiro atoms. The average molecular weight is 377 g/mol. The Morgan fingerprint density at radius 1 is 1.21 bits per heavy atom. The van der Waals surface area contributed by atoms with E-state index in [9.17, 15) is 14.4 Å². The molecule has 3 aromatic rings. The van der Waals surface area contributed by atoms with Gasteiger partial charge in [0, 0.05) is 34.8 Å². The fourth-order valence-electron chi connectivity index (χ4n) is 3.41. The number of amides is 1. The van der Waals surface area contributed by atoms with Crippen LogP contribution in [0.4, 0.5) is 0 Å². The number of fused-ring (bicyclic) bond motifs is 1. The molecule has 1 aromatic carbocycles. The highest BCUT2D eigenvalue weighted by atomic mass is 16.2. The van der Waals surface area contributed by atoms with E-state index in [1.807, 2.05) is 30.3 Å². The second-order valence-electron chi connectivity index (χ2n) is 6.75. The molecule has 2 aromatic heterocycles. The van der Waals surface area contributed by atoms with Gasteiger partial charge in [-0.05, 0) is 19.3 Å². The molecule has 1 amide bonds. The van der Waals surface area contributed by atoms with Crippen LogP contribution >= 0.6 is 0 Å². The van der Waals surface area contributed by atoms with Crippen molar-refractivity contribution in [2.24, 2.45) is 0 Å². The Morgan fingerprint density at radius 3 is 2.82 bits per heavy atom. The third-order valence-electron chi connectivity index (χ3n) is 4.80. The summed E-state index contributed by atoms with van der Waals surface area (Å²) in [6, 6.07) is 9.57. The predicted octanol–water partition coefficient (Wildman–Crippen LogP) is 1.26. The van der Waals surface area contributed by atoms with E-state index in [1.165, 1.54) is 6.20 Å². The number of nitrogens with one attached hydrogen (secondary N) is 3. The predicted molar refractivity (Wildman–Crippen MR) is 103 cm³/mol. The maximum Gasteiger partial charge on any atom is 0.325 e. The van der Waals surface area contributed by atoms with Gasteiger partial charge >= 0.3 is 5.69 Å². The van der Waals surface area contributed by atoms with E-state index >= 15 is 0 Å². The average Bonchev–Trinajstić information content (AvgIpc) is 2.71. The molecule has 0 bridgehead atoms. The molecule has 1 unspecified atom stereocenters. The zero-order chi connectivity index (χ0) is 19.5. The van der Waals surface area contributed by atoms with E-state index in [0.29, 0.717) is 5.82 Å². The van der Waals surface area contributed by atoms with E-state index in [-0.39, 0.29) is 23.9 Å². The molecule has 0 fully saturated rings. The lowest BCUT2D eigenvalue weighted by molar-refractivity contribution is -0.121. The maximum absolute atomic E-state index is 12.4. The van der Waals surface area contributed by atoms with Crippen molar-refractivity contribution in [1.29, 1.82) is 0 Å². The molecule has 1 aliphatic carbocycles. The van der Waals surface area contributed by atoms with Crippen LogP contribution in [0.5, 0.6) is 0 Å². The van der Waals surface area contributed by atoms with E-state index < -0.39 is 11.2 Å². The Bertz CT molecular complexity index is 1120. The van der Waals surface area contributed by atoms with Gasteiger partial charge in [-0.15, -0.1) is 0 Å². The van der Waals surface area contributed by atoms with Gasteiger partial charge in [0.15, 0.2) is 5.82 Å². The number of hydrogen-bond acceptors (Lipinski definition) is 5. The number of aromatic amines is 2. The summed E-state index contributed by atoms with van der Waals surface area (Å²) in [5, 5.41) is 2.96. The van der Waals surface area contributed by atoms with Crippen molar-refractivity contribution in [3.05, 3.63) is 80.4 Å². The van der Waals surface area contributed by atoms with E-state index in [0.717, 1.165) is 36.1 Å². The first-order chi connectivity index (χ1) is 13.6. The van der Waals surface area contributed by atoms with Gasteiger partial charge in [0.1, 0.15) is 0 Å². The summed E-state index contributed by atoms with van der Waals surface area (Å²) in [6.07, 6.45) is 5.47. The molecule has 1 atom stereocenters. The summed E-state index contributed by atoms with van der Waals surface area (Å²) >= 11 is 0. The van der Waals surface area contributed by atoms with Crippen molar-refractivity contribution < 1.29 is 4.79 Å². The molecular weight excluding hydrogens is 358 g/mol. The number of aryl methyl sites for hydroxylation is 1. The molecule has 142 valence electrons. The topological polar surface area (TPSA) is 121 Å². The highest BCUT2D eigenvalue weighted by Gasteiger charge is 2.24. The first-order valence-electron chi connectivity index (χ1n) is 9.11. The zero-order valence-electron chi connectivity index (χ0n) is 15.1. The van der Waals surface area contributed by atoms with Gasteiger partial charge in [-0.2, -0.15) is 0 Å². The Morgan fingerprint density at radius 2 is 2.04 bits per heavy atom. The zero-order valence-corrected chi connectivity index (χ0v) is 15.1. The van der Waals surface area contributed by atoms with Crippen molar-refractivity contribution in [3.63, 3.8) is 0 Å². The highest BCUT2D eigenvalue weighted by molar-refractivity contribution is 5.79. The first kappa shape index (κ1) is 17.8. The Labute approximate surface area is 160 Å². The third kappa shape index (κ3) is 3.75. The molecule has 4 rings (SSSR count). The molecule has 0 saturated heterocycles. The largest absolute Gasteiger partial charge is 0.349 e. The van der Waals surface area contributed by atoms with Crippen LogP contribution in [0, 0.1) is 0 Å². The Balaban J connectivity index is 1.52.